The van der Waals surface area contributed by atoms with E-state index < -0.39 is 21.8 Å². The maximum absolute atomic E-state index is 11.9. The Morgan fingerprint density at radius 2 is 1.80 bits per heavy atom. The fraction of sp³-hybridized carbons (Fsp3) is 0.0833. The highest BCUT2D eigenvalue weighted by atomic mass is 16.6. The van der Waals surface area contributed by atoms with E-state index in [1.165, 1.54) is 24.3 Å². The first-order chi connectivity index (χ1) is 9.47. The van der Waals surface area contributed by atoms with Crippen LogP contribution in [0.4, 0.5) is 5.69 Å². The average Bonchev–Trinajstić information content (AvgIpc) is 2.43. The van der Waals surface area contributed by atoms with Gasteiger partial charge in [-0.25, -0.2) is 4.68 Å². The van der Waals surface area contributed by atoms with Crippen LogP contribution in [0.1, 0.15) is 10.4 Å². The van der Waals surface area contributed by atoms with Gasteiger partial charge in [0, 0.05) is 29.8 Å². The molecule has 0 spiro atoms. The molecule has 0 saturated heterocycles. The third-order valence-corrected chi connectivity index (χ3v) is 2.59. The molecule has 8 heteroatoms. The lowest BCUT2D eigenvalue weighted by atomic mass is 10.1. The normalized spacial score (nSPS) is 10.2. The Bertz CT molecular complexity index is 773. The summed E-state index contributed by atoms with van der Waals surface area (Å²) in [6.45, 7) is -0.341. The first-order valence-electron chi connectivity index (χ1n) is 5.55. The minimum absolute atomic E-state index is 0.133. The molecule has 1 heterocycles. The molecule has 0 atom stereocenters. The van der Waals surface area contributed by atoms with E-state index in [4.69, 9.17) is 0 Å². The highest BCUT2D eigenvalue weighted by Crippen LogP contribution is 2.12. The maximum atomic E-state index is 11.9. The first-order valence-corrected chi connectivity index (χ1v) is 5.55. The van der Waals surface area contributed by atoms with E-state index in [9.17, 15) is 24.5 Å². The van der Waals surface area contributed by atoms with Crippen molar-refractivity contribution in [2.45, 2.75) is 6.54 Å². The minimum Gasteiger partial charge on any atom is -0.292 e. The number of nitrogens with one attached hydrogen (secondary N) is 1. The van der Waals surface area contributed by atoms with E-state index >= 15 is 0 Å². The molecule has 0 aliphatic rings. The molecule has 0 saturated carbocycles. The summed E-state index contributed by atoms with van der Waals surface area (Å²) in [6, 6.07) is 7.11. The SMILES string of the molecule is O=C(Cn1[nH]c(=O)ccc1=O)c1ccc([N+](=O)[O-])cc1. The van der Waals surface area contributed by atoms with E-state index in [1.54, 1.807) is 0 Å². The maximum Gasteiger partial charge on any atom is 0.269 e. The van der Waals surface area contributed by atoms with Crippen LogP contribution in [0.2, 0.25) is 0 Å². The van der Waals surface area contributed by atoms with Crippen LogP contribution in [0.15, 0.2) is 46.0 Å². The number of hydrogen-bond donors (Lipinski definition) is 1. The first kappa shape index (κ1) is 13.4. The third kappa shape index (κ3) is 2.86. The number of H-pyrrole nitrogens is 1. The van der Waals surface area contributed by atoms with Crippen LogP contribution < -0.4 is 11.1 Å². The smallest absolute Gasteiger partial charge is 0.269 e. The summed E-state index contributed by atoms with van der Waals surface area (Å²) in [5, 5.41) is 12.7. The summed E-state index contributed by atoms with van der Waals surface area (Å²) in [5.74, 6) is -0.441. The molecule has 0 aliphatic carbocycles. The van der Waals surface area contributed by atoms with Gasteiger partial charge in [0.15, 0.2) is 5.78 Å². The van der Waals surface area contributed by atoms with Crippen molar-refractivity contribution in [1.82, 2.24) is 9.78 Å². The predicted molar refractivity (Wildman–Crippen MR) is 68.7 cm³/mol. The van der Waals surface area contributed by atoms with Crippen molar-refractivity contribution in [3.63, 3.8) is 0 Å². The van der Waals surface area contributed by atoms with Gasteiger partial charge in [-0.1, -0.05) is 0 Å². The zero-order valence-electron chi connectivity index (χ0n) is 10.1. The van der Waals surface area contributed by atoms with Gasteiger partial charge >= 0.3 is 0 Å². The molecule has 0 fully saturated rings. The van der Waals surface area contributed by atoms with Crippen molar-refractivity contribution < 1.29 is 9.72 Å². The van der Waals surface area contributed by atoms with Crippen molar-refractivity contribution >= 4 is 11.5 Å². The molecule has 8 nitrogen and oxygen atoms in total. The fourth-order valence-electron chi connectivity index (χ4n) is 1.58. The molecule has 1 aromatic heterocycles. The van der Waals surface area contributed by atoms with Crippen molar-refractivity contribution in [2.75, 3.05) is 0 Å². The van der Waals surface area contributed by atoms with Gasteiger partial charge in [-0.15, -0.1) is 0 Å². The van der Waals surface area contributed by atoms with Gasteiger partial charge in [-0.2, -0.15) is 0 Å². The third-order valence-electron chi connectivity index (χ3n) is 2.59. The second-order valence-electron chi connectivity index (χ2n) is 3.96. The number of non-ortho nitro benzene ring substituents is 1. The van der Waals surface area contributed by atoms with Gasteiger partial charge in [0.05, 0.1) is 4.92 Å². The largest absolute Gasteiger partial charge is 0.292 e. The van der Waals surface area contributed by atoms with Gasteiger partial charge in [-0.05, 0) is 12.1 Å². The van der Waals surface area contributed by atoms with Crippen molar-refractivity contribution in [3.8, 4) is 0 Å². The van der Waals surface area contributed by atoms with E-state index in [0.29, 0.717) is 0 Å². The van der Waals surface area contributed by atoms with Crippen LogP contribution in [0.5, 0.6) is 0 Å². The topological polar surface area (TPSA) is 115 Å². The van der Waals surface area contributed by atoms with E-state index in [0.717, 1.165) is 16.8 Å². The Balaban J connectivity index is 2.24. The van der Waals surface area contributed by atoms with Crippen LogP contribution in [0, 0.1) is 10.1 Å². The summed E-state index contributed by atoms with van der Waals surface area (Å²) < 4.78 is 0.881. The number of ketones is 1. The molecular weight excluding hydrogens is 266 g/mol. The van der Waals surface area contributed by atoms with Gasteiger partial charge in [0.1, 0.15) is 6.54 Å². The lowest BCUT2D eigenvalue weighted by Gasteiger charge is -2.04. The molecule has 2 rings (SSSR count). The van der Waals surface area contributed by atoms with Gasteiger partial charge in [-0.3, -0.25) is 29.6 Å². The van der Waals surface area contributed by atoms with Crippen LogP contribution in [-0.4, -0.2) is 20.5 Å². The van der Waals surface area contributed by atoms with Crippen LogP contribution >= 0.6 is 0 Å². The lowest BCUT2D eigenvalue weighted by Crippen LogP contribution is -2.30. The Morgan fingerprint density at radius 1 is 1.15 bits per heavy atom. The molecule has 0 unspecified atom stereocenters. The van der Waals surface area contributed by atoms with Crippen LogP contribution in [-0.2, 0) is 6.54 Å². The number of benzene rings is 1. The highest BCUT2D eigenvalue weighted by molar-refractivity contribution is 5.96. The number of aromatic amines is 1. The summed E-state index contributed by atoms with van der Waals surface area (Å²) >= 11 is 0. The number of nitro benzene ring substituents is 1. The molecule has 2 aromatic rings. The summed E-state index contributed by atoms with van der Waals surface area (Å²) in [6.07, 6.45) is 0. The molecular formula is C12H9N3O5. The number of Topliss-reactive ketones (excluding diaryl/α,β-unsaturated/α-hetero) is 1. The molecule has 102 valence electrons. The van der Waals surface area contributed by atoms with Gasteiger partial charge < -0.3 is 0 Å². The van der Waals surface area contributed by atoms with Crippen molar-refractivity contribution in [3.05, 3.63) is 72.8 Å². The molecule has 1 aromatic carbocycles. The fourth-order valence-corrected chi connectivity index (χ4v) is 1.58. The zero-order valence-corrected chi connectivity index (χ0v) is 10.1. The van der Waals surface area contributed by atoms with Crippen LogP contribution in [0.25, 0.3) is 0 Å². The van der Waals surface area contributed by atoms with Gasteiger partial charge in [0.2, 0.25) is 0 Å². The molecule has 0 aliphatic heterocycles. The Labute approximate surface area is 111 Å². The van der Waals surface area contributed by atoms with Crippen molar-refractivity contribution in [1.29, 1.82) is 0 Å². The highest BCUT2D eigenvalue weighted by Gasteiger charge is 2.11. The summed E-state index contributed by atoms with van der Waals surface area (Å²) in [4.78, 5) is 44.3. The number of carbonyl (C=O) groups is 1. The second kappa shape index (κ2) is 5.31. The van der Waals surface area contributed by atoms with Crippen LogP contribution in [0.3, 0.4) is 0 Å². The zero-order chi connectivity index (χ0) is 14.7. The van der Waals surface area contributed by atoms with E-state index in [2.05, 4.69) is 5.10 Å². The molecule has 20 heavy (non-hydrogen) atoms. The van der Waals surface area contributed by atoms with E-state index in [-0.39, 0.29) is 17.8 Å². The predicted octanol–water partition coefficient (Wildman–Crippen LogP) is 0.328. The number of nitrogens with zero attached hydrogens (tertiary/aromatic N) is 2. The van der Waals surface area contributed by atoms with E-state index in [1.807, 2.05) is 0 Å². The lowest BCUT2D eigenvalue weighted by molar-refractivity contribution is -0.384. The van der Waals surface area contributed by atoms with Gasteiger partial charge in [0.25, 0.3) is 16.8 Å². The number of aromatic nitrogens is 2. The second-order valence-corrected chi connectivity index (χ2v) is 3.96. The number of carbonyl (C=O) groups excluding carboxylic acids is 1. The molecule has 0 radical (unpaired) electrons. The number of nitro groups is 1. The minimum atomic E-state index is -0.576. The molecule has 0 amide bonds. The Morgan fingerprint density at radius 3 is 2.40 bits per heavy atom. The average molecular weight is 275 g/mol. The summed E-state index contributed by atoms with van der Waals surface area (Å²) in [7, 11) is 0. The van der Waals surface area contributed by atoms with Crippen molar-refractivity contribution in [2.24, 2.45) is 0 Å². The monoisotopic (exact) mass is 275 g/mol. The molecule has 1 N–H and O–H groups in total. The summed E-state index contributed by atoms with van der Waals surface area (Å²) in [5.41, 5.74) is -0.931. The Hall–Kier alpha value is -3.03. The standard InChI is InChI=1S/C12H9N3O5/c16-10(7-14-12(18)6-5-11(17)13-14)8-1-3-9(4-2-8)15(19)20/h1-6H,7H2,(H,13,17). The quantitative estimate of drug-likeness (QED) is 0.490. The Kier molecular flexibility index (Phi) is 3.56. The molecule has 0 bridgehead atoms. The number of rotatable bonds is 4. The number of hydrogen-bond acceptors (Lipinski definition) is 5.